The van der Waals surface area contributed by atoms with Crippen molar-refractivity contribution in [3.63, 3.8) is 0 Å². The first-order valence-electron chi connectivity index (χ1n) is 12.5. The second kappa shape index (κ2) is 9.78. The van der Waals surface area contributed by atoms with Gasteiger partial charge in [0.15, 0.2) is 0 Å². The molecule has 2 amide bonds. The lowest BCUT2D eigenvalue weighted by atomic mass is 9.76. The highest BCUT2D eigenvalue weighted by Crippen LogP contribution is 2.41. The molecule has 6 nitrogen and oxygen atoms in total. The molecule has 0 N–H and O–H groups in total. The number of likely N-dealkylation sites (tertiary alicyclic amines) is 2. The number of aromatic nitrogens is 1. The Balaban J connectivity index is 1.32. The minimum absolute atomic E-state index is 0.0670. The summed E-state index contributed by atoms with van der Waals surface area (Å²) in [4.78, 5) is 34.1. The second-order valence-corrected chi connectivity index (χ2v) is 9.99. The van der Waals surface area contributed by atoms with Gasteiger partial charge in [-0.2, -0.15) is 0 Å². The minimum Gasteiger partial charge on any atom is -0.496 e. The minimum atomic E-state index is -0.958. The van der Waals surface area contributed by atoms with Crippen molar-refractivity contribution >= 4 is 11.8 Å². The van der Waals surface area contributed by atoms with Gasteiger partial charge in [-0.3, -0.25) is 9.59 Å². The first kappa shape index (κ1) is 25.8. The SMILES string of the molecule is COc1c(C)cc(C(=O)N2CCC3(CC2)CCN3C(=O)c2ccc(F)c(-c3c(F)cccc3F)n2)cc1C. The molecule has 0 unspecified atom stereocenters. The normalized spacial score (nSPS) is 16.4. The topological polar surface area (TPSA) is 62.7 Å². The molecule has 2 aromatic carbocycles. The van der Waals surface area contributed by atoms with Crippen LogP contribution in [0.4, 0.5) is 13.2 Å². The lowest BCUT2D eigenvalue weighted by molar-refractivity contribution is -0.0351. The molecule has 198 valence electrons. The van der Waals surface area contributed by atoms with E-state index in [0.29, 0.717) is 38.0 Å². The maximum absolute atomic E-state index is 14.5. The van der Waals surface area contributed by atoms with Crippen LogP contribution in [0.3, 0.4) is 0 Å². The standard InChI is InChI=1S/C29H28F3N3O3/c1-17-15-19(16-18(2)26(17)38-3)27(36)34-12-9-29(10-13-34)11-14-35(29)28(37)23-8-7-22(32)25(33-23)24-20(30)5-4-6-21(24)31/h4-8,15-16H,9-14H2,1-3H3. The molecule has 0 radical (unpaired) electrons. The van der Waals surface area contributed by atoms with Crippen LogP contribution >= 0.6 is 0 Å². The van der Waals surface area contributed by atoms with Crippen molar-refractivity contribution in [2.24, 2.45) is 0 Å². The molecule has 0 saturated carbocycles. The van der Waals surface area contributed by atoms with E-state index in [0.717, 1.165) is 41.5 Å². The Hall–Kier alpha value is -3.88. The number of benzene rings is 2. The van der Waals surface area contributed by atoms with Crippen LogP contribution in [-0.4, -0.2) is 58.9 Å². The Morgan fingerprint density at radius 2 is 1.47 bits per heavy atom. The van der Waals surface area contributed by atoms with Gasteiger partial charge in [-0.25, -0.2) is 18.2 Å². The van der Waals surface area contributed by atoms with Crippen LogP contribution in [0.25, 0.3) is 11.3 Å². The number of methoxy groups -OCH3 is 1. The number of amides is 2. The lowest BCUT2D eigenvalue weighted by Crippen LogP contribution is -2.66. The number of nitrogens with zero attached hydrogens (tertiary/aromatic N) is 3. The average Bonchev–Trinajstić information content (AvgIpc) is 2.88. The number of hydrogen-bond donors (Lipinski definition) is 0. The molecule has 1 spiro atoms. The van der Waals surface area contributed by atoms with E-state index < -0.39 is 40.2 Å². The van der Waals surface area contributed by atoms with E-state index in [2.05, 4.69) is 4.98 Å². The monoisotopic (exact) mass is 523 g/mol. The smallest absolute Gasteiger partial charge is 0.272 e. The molecule has 38 heavy (non-hydrogen) atoms. The number of rotatable bonds is 4. The molecule has 5 rings (SSSR count). The molecule has 2 saturated heterocycles. The summed E-state index contributed by atoms with van der Waals surface area (Å²) in [6, 6.07) is 9.11. The summed E-state index contributed by atoms with van der Waals surface area (Å²) < 4.78 is 48.5. The summed E-state index contributed by atoms with van der Waals surface area (Å²) in [5.74, 6) is -2.56. The van der Waals surface area contributed by atoms with Crippen LogP contribution in [0.5, 0.6) is 5.75 Å². The molecule has 1 aromatic heterocycles. The number of carbonyl (C=O) groups is 2. The van der Waals surface area contributed by atoms with Crippen LogP contribution in [0.1, 0.15) is 51.2 Å². The zero-order valence-corrected chi connectivity index (χ0v) is 21.5. The van der Waals surface area contributed by atoms with E-state index in [9.17, 15) is 22.8 Å². The number of carbonyl (C=O) groups excluding carboxylic acids is 2. The van der Waals surface area contributed by atoms with Gasteiger partial charge in [0.1, 0.15) is 34.6 Å². The number of aryl methyl sites for hydroxylation is 2. The third-order valence-corrected chi connectivity index (χ3v) is 7.78. The van der Waals surface area contributed by atoms with Gasteiger partial charge in [0, 0.05) is 30.7 Å². The van der Waals surface area contributed by atoms with Crippen molar-refractivity contribution in [2.75, 3.05) is 26.7 Å². The summed E-state index contributed by atoms with van der Waals surface area (Å²) >= 11 is 0. The summed E-state index contributed by atoms with van der Waals surface area (Å²) in [5, 5.41) is 0. The molecule has 2 fully saturated rings. The Bertz CT molecular complexity index is 1390. The van der Waals surface area contributed by atoms with E-state index >= 15 is 0 Å². The van der Waals surface area contributed by atoms with Gasteiger partial charge in [0.25, 0.3) is 11.8 Å². The molecular weight excluding hydrogens is 495 g/mol. The number of ether oxygens (including phenoxy) is 1. The fourth-order valence-corrected chi connectivity index (χ4v) is 5.68. The van der Waals surface area contributed by atoms with Crippen molar-refractivity contribution in [1.29, 1.82) is 0 Å². The number of piperidine rings is 1. The van der Waals surface area contributed by atoms with Crippen molar-refractivity contribution in [3.8, 4) is 17.0 Å². The number of halogens is 3. The van der Waals surface area contributed by atoms with Gasteiger partial charge in [-0.05, 0) is 80.6 Å². The molecule has 3 aromatic rings. The highest BCUT2D eigenvalue weighted by atomic mass is 19.1. The van der Waals surface area contributed by atoms with Crippen LogP contribution in [0.15, 0.2) is 42.5 Å². The summed E-state index contributed by atoms with van der Waals surface area (Å²) in [5.41, 5.74) is 0.731. The molecule has 2 aliphatic rings. The van der Waals surface area contributed by atoms with Crippen LogP contribution in [-0.2, 0) is 0 Å². The fourth-order valence-electron chi connectivity index (χ4n) is 5.68. The highest BCUT2D eigenvalue weighted by molar-refractivity contribution is 5.96. The summed E-state index contributed by atoms with van der Waals surface area (Å²) in [7, 11) is 1.60. The zero-order chi connectivity index (χ0) is 27.2. The van der Waals surface area contributed by atoms with Crippen LogP contribution < -0.4 is 4.74 Å². The Labute approximate surface area is 219 Å². The molecule has 0 atom stereocenters. The predicted octanol–water partition coefficient (Wildman–Crippen LogP) is 5.31. The third kappa shape index (κ3) is 4.29. The summed E-state index contributed by atoms with van der Waals surface area (Å²) in [6.45, 7) is 5.26. The number of pyridine rings is 1. The van der Waals surface area contributed by atoms with Crippen molar-refractivity contribution in [3.05, 3.63) is 82.3 Å². The summed E-state index contributed by atoms with van der Waals surface area (Å²) in [6.07, 6.45) is 1.96. The van der Waals surface area contributed by atoms with Gasteiger partial charge < -0.3 is 14.5 Å². The first-order valence-corrected chi connectivity index (χ1v) is 12.5. The largest absolute Gasteiger partial charge is 0.496 e. The number of hydrogen-bond acceptors (Lipinski definition) is 4. The van der Waals surface area contributed by atoms with E-state index in [1.54, 1.807) is 16.9 Å². The van der Waals surface area contributed by atoms with E-state index in [1.807, 2.05) is 26.0 Å². The lowest BCUT2D eigenvalue weighted by Gasteiger charge is -2.56. The maximum atomic E-state index is 14.5. The first-order chi connectivity index (χ1) is 18.1. The van der Waals surface area contributed by atoms with Crippen LogP contribution in [0, 0.1) is 31.3 Å². The van der Waals surface area contributed by atoms with Crippen molar-refractivity contribution < 1.29 is 27.5 Å². The fraction of sp³-hybridized carbons (Fsp3) is 0.345. The highest BCUT2D eigenvalue weighted by Gasteiger charge is 2.49. The van der Waals surface area contributed by atoms with E-state index in [1.165, 1.54) is 12.1 Å². The van der Waals surface area contributed by atoms with Gasteiger partial charge in [-0.1, -0.05) is 6.07 Å². The van der Waals surface area contributed by atoms with Crippen molar-refractivity contribution in [1.82, 2.24) is 14.8 Å². The quantitative estimate of drug-likeness (QED) is 0.465. The van der Waals surface area contributed by atoms with E-state index in [-0.39, 0.29) is 11.6 Å². The zero-order valence-electron chi connectivity index (χ0n) is 21.5. The molecule has 0 aliphatic carbocycles. The van der Waals surface area contributed by atoms with Gasteiger partial charge in [0.05, 0.1) is 12.7 Å². The van der Waals surface area contributed by atoms with E-state index in [4.69, 9.17) is 4.74 Å². The third-order valence-electron chi connectivity index (χ3n) is 7.78. The van der Waals surface area contributed by atoms with Crippen molar-refractivity contribution in [2.45, 2.75) is 38.6 Å². The van der Waals surface area contributed by atoms with Gasteiger partial charge in [0.2, 0.25) is 0 Å². The molecular formula is C29H28F3N3O3. The Morgan fingerprint density at radius 3 is 2.03 bits per heavy atom. The molecule has 0 bridgehead atoms. The Morgan fingerprint density at radius 1 is 0.868 bits per heavy atom. The molecule has 2 aliphatic heterocycles. The predicted molar refractivity (Wildman–Crippen MR) is 136 cm³/mol. The van der Waals surface area contributed by atoms with Gasteiger partial charge in [-0.15, -0.1) is 0 Å². The van der Waals surface area contributed by atoms with Gasteiger partial charge >= 0.3 is 0 Å². The average molecular weight is 524 g/mol. The second-order valence-electron chi connectivity index (χ2n) is 9.99. The molecule has 9 heteroatoms. The Kier molecular flexibility index (Phi) is 6.63. The van der Waals surface area contributed by atoms with Crippen LogP contribution in [0.2, 0.25) is 0 Å². The maximum Gasteiger partial charge on any atom is 0.272 e. The molecule has 3 heterocycles.